The van der Waals surface area contributed by atoms with E-state index in [9.17, 15) is 4.79 Å². The summed E-state index contributed by atoms with van der Waals surface area (Å²) in [5.41, 5.74) is 3.02. The molecule has 0 saturated heterocycles. The monoisotopic (exact) mass is 161 g/mol. The number of hydrogen-bond donors (Lipinski definition) is 3. The van der Waals surface area contributed by atoms with Crippen LogP contribution in [0.4, 0.5) is 0 Å². The van der Waals surface area contributed by atoms with Crippen molar-refractivity contribution >= 4 is 5.97 Å². The average molecular weight is 161 g/mol. The van der Waals surface area contributed by atoms with Crippen molar-refractivity contribution < 1.29 is 15.0 Å². The molecule has 11 heavy (non-hydrogen) atoms. The van der Waals surface area contributed by atoms with Crippen molar-refractivity contribution in [2.24, 2.45) is 5.73 Å². The fraction of sp³-hybridized carbons (Fsp3) is 0.857. The van der Waals surface area contributed by atoms with Crippen LogP contribution in [0, 0.1) is 0 Å². The summed E-state index contributed by atoms with van der Waals surface area (Å²) in [5.74, 6) is -1.35. The zero-order chi connectivity index (χ0) is 8.91. The number of rotatable bonds is 5. The zero-order valence-electron chi connectivity index (χ0n) is 6.71. The Balaban J connectivity index is 3.64. The molecule has 1 unspecified atom stereocenters. The minimum absolute atomic E-state index is 0.121. The Labute approximate surface area is 66.0 Å². The molecule has 0 radical (unpaired) electrons. The molecule has 0 aliphatic carbocycles. The first-order valence-corrected chi connectivity index (χ1v) is 3.75. The first kappa shape index (κ1) is 10.4. The average Bonchev–Trinajstić information content (AvgIpc) is 1.88. The van der Waals surface area contributed by atoms with Crippen LogP contribution in [-0.2, 0) is 4.79 Å². The minimum atomic E-state index is -2.03. The highest BCUT2D eigenvalue weighted by Gasteiger charge is 2.29. The highest BCUT2D eigenvalue weighted by atomic mass is 16.4. The highest BCUT2D eigenvalue weighted by molar-refractivity contribution is 5.75. The van der Waals surface area contributed by atoms with E-state index >= 15 is 0 Å². The van der Waals surface area contributed by atoms with Gasteiger partial charge in [0.1, 0.15) is 0 Å². The maximum Gasteiger partial charge on any atom is 0.350 e. The van der Waals surface area contributed by atoms with Crippen LogP contribution in [0.2, 0.25) is 0 Å². The molecule has 4 N–H and O–H groups in total. The molecule has 0 rings (SSSR count). The molecule has 66 valence electrons. The van der Waals surface area contributed by atoms with E-state index in [0.29, 0.717) is 6.42 Å². The maximum absolute atomic E-state index is 10.2. The van der Waals surface area contributed by atoms with Crippen LogP contribution >= 0.6 is 0 Å². The number of nitrogens with two attached hydrogens (primary N) is 1. The van der Waals surface area contributed by atoms with E-state index in [4.69, 9.17) is 15.9 Å². The molecule has 0 saturated carbocycles. The zero-order valence-corrected chi connectivity index (χ0v) is 6.71. The van der Waals surface area contributed by atoms with Crippen LogP contribution < -0.4 is 5.73 Å². The number of aliphatic hydroxyl groups is 1. The molecule has 0 heterocycles. The molecule has 0 aromatic heterocycles. The molecule has 0 aromatic rings. The van der Waals surface area contributed by atoms with Crippen LogP contribution in [0.5, 0.6) is 0 Å². The standard InChI is InChI=1S/C7H15NO3/c1-2-3-4-5-7(8,11)6(9)10/h11H,2-5,8H2,1H3,(H,9,10). The smallest absolute Gasteiger partial charge is 0.350 e. The van der Waals surface area contributed by atoms with Crippen LogP contribution in [0.15, 0.2) is 0 Å². The van der Waals surface area contributed by atoms with Gasteiger partial charge >= 0.3 is 5.97 Å². The number of carbonyl (C=O) groups is 1. The Kier molecular flexibility index (Phi) is 4.07. The van der Waals surface area contributed by atoms with Crippen LogP contribution in [0.25, 0.3) is 0 Å². The van der Waals surface area contributed by atoms with Gasteiger partial charge in [-0.2, -0.15) is 0 Å². The number of carboxylic acid groups (broad SMARTS) is 1. The van der Waals surface area contributed by atoms with E-state index < -0.39 is 11.7 Å². The van der Waals surface area contributed by atoms with Crippen LogP contribution in [-0.4, -0.2) is 21.9 Å². The Morgan fingerprint density at radius 2 is 2.09 bits per heavy atom. The van der Waals surface area contributed by atoms with Gasteiger partial charge in [-0.15, -0.1) is 0 Å². The second-order valence-electron chi connectivity index (χ2n) is 2.69. The van der Waals surface area contributed by atoms with E-state index in [-0.39, 0.29) is 6.42 Å². The van der Waals surface area contributed by atoms with Crippen molar-refractivity contribution in [2.75, 3.05) is 0 Å². The van der Waals surface area contributed by atoms with Gasteiger partial charge in [0.15, 0.2) is 0 Å². The van der Waals surface area contributed by atoms with E-state index in [1.807, 2.05) is 6.92 Å². The van der Waals surface area contributed by atoms with Crippen molar-refractivity contribution in [3.05, 3.63) is 0 Å². The van der Waals surface area contributed by atoms with Crippen molar-refractivity contribution in [1.29, 1.82) is 0 Å². The lowest BCUT2D eigenvalue weighted by Crippen LogP contribution is -2.47. The minimum Gasteiger partial charge on any atom is -0.478 e. The largest absolute Gasteiger partial charge is 0.478 e. The lowest BCUT2D eigenvalue weighted by molar-refractivity contribution is -0.158. The van der Waals surface area contributed by atoms with Gasteiger partial charge in [0.05, 0.1) is 0 Å². The molecule has 0 spiro atoms. The normalized spacial score (nSPS) is 15.9. The molecule has 0 aliphatic rings. The first-order valence-electron chi connectivity index (χ1n) is 3.75. The molecule has 0 amide bonds. The summed E-state index contributed by atoms with van der Waals surface area (Å²) >= 11 is 0. The Hall–Kier alpha value is -0.610. The summed E-state index contributed by atoms with van der Waals surface area (Å²) < 4.78 is 0. The SMILES string of the molecule is CCCCCC(N)(O)C(=O)O. The number of hydrogen-bond acceptors (Lipinski definition) is 3. The summed E-state index contributed by atoms with van der Waals surface area (Å²) in [6, 6.07) is 0. The van der Waals surface area contributed by atoms with Crippen molar-refractivity contribution in [3.63, 3.8) is 0 Å². The predicted octanol–water partition coefficient (Wildman–Crippen LogP) is 0.299. The van der Waals surface area contributed by atoms with Gasteiger partial charge in [-0.25, -0.2) is 4.79 Å². The third-order valence-electron chi connectivity index (χ3n) is 1.53. The van der Waals surface area contributed by atoms with Crippen LogP contribution in [0.3, 0.4) is 0 Å². The van der Waals surface area contributed by atoms with Crippen LogP contribution in [0.1, 0.15) is 32.6 Å². The maximum atomic E-state index is 10.2. The summed E-state index contributed by atoms with van der Waals surface area (Å²) in [5, 5.41) is 17.4. The number of carboxylic acids is 1. The summed E-state index contributed by atoms with van der Waals surface area (Å²) in [6.07, 6.45) is 2.65. The van der Waals surface area contributed by atoms with Gasteiger partial charge in [0.2, 0.25) is 5.72 Å². The molecular formula is C7H15NO3. The summed E-state index contributed by atoms with van der Waals surface area (Å²) in [7, 11) is 0. The van der Waals surface area contributed by atoms with E-state index in [1.165, 1.54) is 0 Å². The third-order valence-corrected chi connectivity index (χ3v) is 1.53. The van der Waals surface area contributed by atoms with Gasteiger partial charge in [0, 0.05) is 6.42 Å². The van der Waals surface area contributed by atoms with E-state index in [0.717, 1.165) is 12.8 Å². The van der Waals surface area contributed by atoms with Gasteiger partial charge < -0.3 is 10.2 Å². The molecule has 0 bridgehead atoms. The number of aliphatic carboxylic acids is 1. The lowest BCUT2D eigenvalue weighted by atomic mass is 10.1. The predicted molar refractivity (Wildman–Crippen MR) is 40.9 cm³/mol. The summed E-state index contributed by atoms with van der Waals surface area (Å²) in [6.45, 7) is 2.00. The Morgan fingerprint density at radius 3 is 2.45 bits per heavy atom. The second-order valence-corrected chi connectivity index (χ2v) is 2.69. The quantitative estimate of drug-likeness (QED) is 0.400. The van der Waals surface area contributed by atoms with Gasteiger partial charge in [-0.05, 0) is 6.42 Å². The number of unbranched alkanes of at least 4 members (excludes halogenated alkanes) is 2. The molecule has 0 fully saturated rings. The Morgan fingerprint density at radius 1 is 1.55 bits per heavy atom. The molecule has 4 heteroatoms. The van der Waals surface area contributed by atoms with E-state index in [2.05, 4.69) is 0 Å². The topological polar surface area (TPSA) is 83.5 Å². The lowest BCUT2D eigenvalue weighted by Gasteiger charge is -2.16. The van der Waals surface area contributed by atoms with Gasteiger partial charge in [-0.1, -0.05) is 19.8 Å². The second kappa shape index (κ2) is 4.31. The van der Waals surface area contributed by atoms with E-state index in [1.54, 1.807) is 0 Å². The Bertz CT molecular complexity index is 134. The van der Waals surface area contributed by atoms with Crippen molar-refractivity contribution in [3.8, 4) is 0 Å². The summed E-state index contributed by atoms with van der Waals surface area (Å²) in [4.78, 5) is 10.2. The third kappa shape index (κ3) is 3.95. The molecule has 1 atom stereocenters. The fourth-order valence-electron chi connectivity index (χ4n) is 0.751. The molecule has 4 nitrogen and oxygen atoms in total. The van der Waals surface area contributed by atoms with Gasteiger partial charge in [0.25, 0.3) is 0 Å². The molecule has 0 aliphatic heterocycles. The van der Waals surface area contributed by atoms with Crippen molar-refractivity contribution in [2.45, 2.75) is 38.3 Å². The van der Waals surface area contributed by atoms with Crippen molar-refractivity contribution in [1.82, 2.24) is 0 Å². The molecular weight excluding hydrogens is 146 g/mol. The first-order chi connectivity index (χ1) is 5.00. The molecule has 0 aromatic carbocycles. The highest BCUT2D eigenvalue weighted by Crippen LogP contribution is 2.09. The fourth-order valence-corrected chi connectivity index (χ4v) is 0.751. The van der Waals surface area contributed by atoms with Gasteiger partial charge in [-0.3, -0.25) is 5.73 Å².